The van der Waals surface area contributed by atoms with Crippen LogP contribution in [0.15, 0.2) is 24.3 Å². The predicted octanol–water partition coefficient (Wildman–Crippen LogP) is 0.796. The molecule has 2 rings (SSSR count). The van der Waals surface area contributed by atoms with Gasteiger partial charge in [0.05, 0.1) is 13.2 Å². The Kier molecular flexibility index (Phi) is 6.55. The number of anilines is 1. The smallest absolute Gasteiger partial charge is 0.240 e. The summed E-state index contributed by atoms with van der Waals surface area (Å²) in [5.41, 5.74) is 1.76. The molecule has 126 valence electrons. The average Bonchev–Trinajstić information content (AvgIpc) is 2.54. The van der Waals surface area contributed by atoms with Crippen LogP contribution in [0.4, 0.5) is 5.69 Å². The van der Waals surface area contributed by atoms with E-state index in [1.165, 1.54) is 11.8 Å². The van der Waals surface area contributed by atoms with Gasteiger partial charge in [0.2, 0.25) is 11.8 Å². The molecule has 0 atom stereocenters. The van der Waals surface area contributed by atoms with Crippen molar-refractivity contribution < 1.29 is 14.3 Å². The SMILES string of the molecule is CC(=O)N(CC(=O)NCCN1CCOCC1)c1ccccc1C. The summed E-state index contributed by atoms with van der Waals surface area (Å²) in [5, 5.41) is 2.89. The van der Waals surface area contributed by atoms with Crippen molar-refractivity contribution >= 4 is 17.5 Å². The summed E-state index contributed by atoms with van der Waals surface area (Å²) >= 11 is 0. The number of nitrogens with zero attached hydrogens (tertiary/aromatic N) is 2. The summed E-state index contributed by atoms with van der Waals surface area (Å²) in [6, 6.07) is 7.58. The van der Waals surface area contributed by atoms with Crippen molar-refractivity contribution in [3.8, 4) is 0 Å². The molecule has 6 nitrogen and oxygen atoms in total. The third-order valence-corrected chi connectivity index (χ3v) is 3.94. The van der Waals surface area contributed by atoms with Gasteiger partial charge in [-0.3, -0.25) is 14.5 Å². The molecular weight excluding hydrogens is 294 g/mol. The normalized spacial score (nSPS) is 15.2. The number of hydrogen-bond acceptors (Lipinski definition) is 4. The topological polar surface area (TPSA) is 61.9 Å². The van der Waals surface area contributed by atoms with Gasteiger partial charge in [0.25, 0.3) is 0 Å². The van der Waals surface area contributed by atoms with Crippen LogP contribution < -0.4 is 10.2 Å². The molecule has 1 aromatic rings. The number of rotatable bonds is 6. The fourth-order valence-electron chi connectivity index (χ4n) is 2.61. The summed E-state index contributed by atoms with van der Waals surface area (Å²) in [6.07, 6.45) is 0. The number of amides is 2. The minimum Gasteiger partial charge on any atom is -0.379 e. The van der Waals surface area contributed by atoms with Gasteiger partial charge in [0.15, 0.2) is 0 Å². The van der Waals surface area contributed by atoms with Crippen LogP contribution in [0.25, 0.3) is 0 Å². The third-order valence-electron chi connectivity index (χ3n) is 3.94. The van der Waals surface area contributed by atoms with E-state index in [-0.39, 0.29) is 18.4 Å². The minimum atomic E-state index is -0.142. The maximum absolute atomic E-state index is 12.1. The maximum Gasteiger partial charge on any atom is 0.240 e. The van der Waals surface area contributed by atoms with Gasteiger partial charge in [-0.15, -0.1) is 0 Å². The van der Waals surface area contributed by atoms with Gasteiger partial charge in [-0.05, 0) is 18.6 Å². The molecule has 23 heavy (non-hydrogen) atoms. The lowest BCUT2D eigenvalue weighted by atomic mass is 10.2. The van der Waals surface area contributed by atoms with Gasteiger partial charge in [-0.1, -0.05) is 18.2 Å². The zero-order valence-corrected chi connectivity index (χ0v) is 13.9. The van der Waals surface area contributed by atoms with E-state index in [9.17, 15) is 9.59 Å². The largest absolute Gasteiger partial charge is 0.379 e. The van der Waals surface area contributed by atoms with Crippen LogP contribution in [0.1, 0.15) is 12.5 Å². The van der Waals surface area contributed by atoms with Gasteiger partial charge in [0.1, 0.15) is 6.54 Å². The molecule has 0 spiro atoms. The van der Waals surface area contributed by atoms with E-state index < -0.39 is 0 Å². The predicted molar refractivity (Wildman–Crippen MR) is 89.5 cm³/mol. The van der Waals surface area contributed by atoms with Crippen molar-refractivity contribution in [2.45, 2.75) is 13.8 Å². The Morgan fingerprint density at radius 2 is 1.96 bits per heavy atom. The maximum atomic E-state index is 12.1. The van der Waals surface area contributed by atoms with Gasteiger partial charge in [0, 0.05) is 38.8 Å². The Morgan fingerprint density at radius 1 is 1.26 bits per heavy atom. The van der Waals surface area contributed by atoms with Crippen LogP contribution in [0.2, 0.25) is 0 Å². The second-order valence-electron chi connectivity index (χ2n) is 5.70. The Morgan fingerprint density at radius 3 is 2.61 bits per heavy atom. The minimum absolute atomic E-state index is 0.0449. The van der Waals surface area contributed by atoms with Crippen molar-refractivity contribution in [2.24, 2.45) is 0 Å². The van der Waals surface area contributed by atoms with Crippen LogP contribution in [0.5, 0.6) is 0 Å². The summed E-state index contributed by atoms with van der Waals surface area (Å²) < 4.78 is 5.29. The highest BCUT2D eigenvalue weighted by Gasteiger charge is 2.17. The molecule has 6 heteroatoms. The van der Waals surface area contributed by atoms with Crippen molar-refractivity contribution in [3.63, 3.8) is 0 Å². The van der Waals surface area contributed by atoms with E-state index in [1.807, 2.05) is 31.2 Å². The fraction of sp³-hybridized carbons (Fsp3) is 0.529. The summed E-state index contributed by atoms with van der Waals surface area (Å²) in [5.74, 6) is -0.278. The summed E-state index contributed by atoms with van der Waals surface area (Å²) in [7, 11) is 0. The molecule has 1 aliphatic heterocycles. The molecule has 1 aromatic carbocycles. The lowest BCUT2D eigenvalue weighted by Crippen LogP contribution is -2.44. The number of ether oxygens (including phenoxy) is 1. The van der Waals surface area contributed by atoms with Crippen LogP contribution in [-0.2, 0) is 14.3 Å². The number of carbonyl (C=O) groups is 2. The molecule has 1 N–H and O–H groups in total. The second kappa shape index (κ2) is 8.64. The van der Waals surface area contributed by atoms with Crippen molar-refractivity contribution in [2.75, 3.05) is 50.8 Å². The molecule has 0 aliphatic carbocycles. The number of aryl methyl sites for hydroxylation is 1. The summed E-state index contributed by atoms with van der Waals surface area (Å²) in [4.78, 5) is 27.8. The van der Waals surface area contributed by atoms with E-state index in [0.29, 0.717) is 6.54 Å². The molecular formula is C17H25N3O3. The fourth-order valence-corrected chi connectivity index (χ4v) is 2.61. The van der Waals surface area contributed by atoms with E-state index >= 15 is 0 Å². The van der Waals surface area contributed by atoms with E-state index in [1.54, 1.807) is 0 Å². The number of para-hydroxylation sites is 1. The van der Waals surface area contributed by atoms with Crippen LogP contribution in [0, 0.1) is 6.92 Å². The summed E-state index contributed by atoms with van der Waals surface area (Å²) in [6.45, 7) is 8.15. The Balaban J connectivity index is 1.84. The number of morpholine rings is 1. The number of benzene rings is 1. The first-order valence-corrected chi connectivity index (χ1v) is 7.98. The van der Waals surface area contributed by atoms with Gasteiger partial charge in [-0.25, -0.2) is 0 Å². The molecule has 1 saturated heterocycles. The monoisotopic (exact) mass is 319 g/mol. The molecule has 1 aliphatic rings. The highest BCUT2D eigenvalue weighted by atomic mass is 16.5. The van der Waals surface area contributed by atoms with E-state index in [2.05, 4.69) is 10.2 Å². The molecule has 0 bridgehead atoms. The second-order valence-corrected chi connectivity index (χ2v) is 5.70. The van der Waals surface area contributed by atoms with Gasteiger partial charge in [-0.2, -0.15) is 0 Å². The average molecular weight is 319 g/mol. The first kappa shape index (κ1) is 17.4. The van der Waals surface area contributed by atoms with Crippen LogP contribution in [-0.4, -0.2) is 62.7 Å². The first-order valence-electron chi connectivity index (χ1n) is 7.98. The van der Waals surface area contributed by atoms with Crippen LogP contribution in [0.3, 0.4) is 0 Å². The zero-order chi connectivity index (χ0) is 16.7. The molecule has 0 radical (unpaired) electrons. The zero-order valence-electron chi connectivity index (χ0n) is 13.9. The number of carbonyl (C=O) groups excluding carboxylic acids is 2. The van der Waals surface area contributed by atoms with Gasteiger partial charge >= 0.3 is 0 Å². The number of hydrogen-bond donors (Lipinski definition) is 1. The Hall–Kier alpha value is -1.92. The highest BCUT2D eigenvalue weighted by molar-refractivity contribution is 5.98. The van der Waals surface area contributed by atoms with E-state index in [0.717, 1.165) is 44.1 Å². The van der Waals surface area contributed by atoms with Crippen molar-refractivity contribution in [1.29, 1.82) is 0 Å². The third kappa shape index (κ3) is 5.33. The van der Waals surface area contributed by atoms with E-state index in [4.69, 9.17) is 4.74 Å². The van der Waals surface area contributed by atoms with Crippen molar-refractivity contribution in [1.82, 2.24) is 10.2 Å². The molecule has 0 aromatic heterocycles. The lowest BCUT2D eigenvalue weighted by Gasteiger charge is -2.27. The number of nitrogens with one attached hydrogen (secondary N) is 1. The lowest BCUT2D eigenvalue weighted by molar-refractivity contribution is -0.123. The molecule has 1 fully saturated rings. The molecule has 0 saturated carbocycles. The standard InChI is InChI=1S/C17H25N3O3/c1-14-5-3-4-6-16(14)20(15(2)21)13-17(22)18-7-8-19-9-11-23-12-10-19/h3-6H,7-13H2,1-2H3,(H,18,22). The Labute approximate surface area is 137 Å². The first-order chi connectivity index (χ1) is 11.1. The van der Waals surface area contributed by atoms with Gasteiger partial charge < -0.3 is 15.0 Å². The van der Waals surface area contributed by atoms with Crippen molar-refractivity contribution in [3.05, 3.63) is 29.8 Å². The molecule has 0 unspecified atom stereocenters. The Bertz CT molecular complexity index is 542. The quantitative estimate of drug-likeness (QED) is 0.842. The molecule has 1 heterocycles. The molecule has 2 amide bonds. The van der Waals surface area contributed by atoms with Crippen LogP contribution >= 0.6 is 0 Å². The highest BCUT2D eigenvalue weighted by Crippen LogP contribution is 2.19.